The minimum absolute atomic E-state index is 0.206. The average Bonchev–Trinajstić information content (AvgIpc) is 2.81. The molecular weight excluding hydrogens is 304 g/mol. The molecule has 96 valence electrons. The Morgan fingerprint density at radius 2 is 1.95 bits per heavy atom. The van der Waals surface area contributed by atoms with E-state index in [-0.39, 0.29) is 10.8 Å². The third-order valence-corrected chi connectivity index (χ3v) is 4.18. The van der Waals surface area contributed by atoms with Gasteiger partial charge in [0.1, 0.15) is 6.61 Å². The number of carbonyl (C=O) groups excluding carboxylic acids is 1. The first-order chi connectivity index (χ1) is 9.24. The van der Waals surface area contributed by atoms with Crippen molar-refractivity contribution in [3.63, 3.8) is 0 Å². The zero-order valence-electron chi connectivity index (χ0n) is 10.3. The van der Waals surface area contributed by atoms with Crippen molar-refractivity contribution in [2.24, 2.45) is 0 Å². The lowest BCUT2D eigenvalue weighted by Crippen LogP contribution is -1.98. The molecule has 1 unspecified atom stereocenters. The van der Waals surface area contributed by atoms with Crippen LogP contribution in [0.25, 0.3) is 0 Å². The molecule has 0 N–H and O–H groups in total. The Labute approximate surface area is 120 Å². The number of ether oxygens (including phenoxy) is 1. The highest BCUT2D eigenvalue weighted by molar-refractivity contribution is 9.09. The Morgan fingerprint density at radius 3 is 2.74 bits per heavy atom. The van der Waals surface area contributed by atoms with E-state index in [1.807, 2.05) is 30.3 Å². The second-order valence-corrected chi connectivity index (χ2v) is 5.76. The minimum atomic E-state index is -0.206. The van der Waals surface area contributed by atoms with Gasteiger partial charge in [-0.25, -0.2) is 4.79 Å². The number of esters is 1. The van der Waals surface area contributed by atoms with Gasteiger partial charge in [0, 0.05) is 10.4 Å². The molecule has 3 rings (SSSR count). The molecule has 0 amide bonds. The summed E-state index contributed by atoms with van der Waals surface area (Å²) in [6.45, 7) is 0.408. The van der Waals surface area contributed by atoms with Crippen molar-refractivity contribution < 1.29 is 9.53 Å². The summed E-state index contributed by atoms with van der Waals surface area (Å²) in [5.74, 6) is -0.206. The maximum Gasteiger partial charge on any atom is 0.338 e. The van der Waals surface area contributed by atoms with Gasteiger partial charge in [-0.3, -0.25) is 0 Å². The summed E-state index contributed by atoms with van der Waals surface area (Å²) in [5, 5.41) is 0. The lowest BCUT2D eigenvalue weighted by molar-refractivity contribution is 0.0535. The summed E-state index contributed by atoms with van der Waals surface area (Å²) in [4.78, 5) is 11.8. The van der Waals surface area contributed by atoms with E-state index in [1.165, 1.54) is 5.56 Å². The van der Waals surface area contributed by atoms with E-state index in [0.29, 0.717) is 12.2 Å². The van der Waals surface area contributed by atoms with Crippen LogP contribution in [-0.2, 0) is 17.8 Å². The number of halogens is 1. The topological polar surface area (TPSA) is 26.3 Å². The summed E-state index contributed by atoms with van der Waals surface area (Å²) in [6.07, 6.45) is 0.852. The highest BCUT2D eigenvalue weighted by Gasteiger charge is 2.21. The number of hydrogen-bond donors (Lipinski definition) is 0. The molecule has 0 saturated carbocycles. The maximum atomic E-state index is 11.5. The van der Waals surface area contributed by atoms with E-state index in [2.05, 4.69) is 34.1 Å². The zero-order valence-corrected chi connectivity index (χ0v) is 11.9. The number of rotatable bonds is 3. The molecule has 1 atom stereocenters. The van der Waals surface area contributed by atoms with Crippen LogP contribution in [0.2, 0.25) is 0 Å². The van der Waals surface area contributed by atoms with Crippen LogP contribution >= 0.6 is 15.9 Å². The molecule has 1 heterocycles. The Balaban J connectivity index is 1.81. The van der Waals surface area contributed by atoms with Gasteiger partial charge in [-0.1, -0.05) is 58.4 Å². The first-order valence-corrected chi connectivity index (χ1v) is 7.13. The molecule has 0 aliphatic carbocycles. The molecule has 2 nitrogen and oxygen atoms in total. The summed E-state index contributed by atoms with van der Waals surface area (Å²) in [6, 6.07) is 16.3. The van der Waals surface area contributed by atoms with Crippen LogP contribution < -0.4 is 0 Å². The monoisotopic (exact) mass is 316 g/mol. The largest absolute Gasteiger partial charge is 0.457 e. The van der Waals surface area contributed by atoms with E-state index >= 15 is 0 Å². The fraction of sp³-hybridized carbons (Fsp3) is 0.188. The number of fused-ring (bicyclic) bond motifs is 1. The quantitative estimate of drug-likeness (QED) is 0.631. The van der Waals surface area contributed by atoms with E-state index in [4.69, 9.17) is 4.74 Å². The molecule has 0 saturated heterocycles. The van der Waals surface area contributed by atoms with E-state index in [0.717, 1.165) is 17.5 Å². The van der Waals surface area contributed by atoms with Crippen molar-refractivity contribution in [2.75, 3.05) is 0 Å². The smallest absolute Gasteiger partial charge is 0.338 e. The van der Waals surface area contributed by atoms with Crippen molar-refractivity contribution in [3.8, 4) is 0 Å². The average molecular weight is 317 g/mol. The number of cyclic esters (lactones) is 1. The first kappa shape index (κ1) is 12.4. The molecule has 0 aromatic heterocycles. The summed E-state index contributed by atoms with van der Waals surface area (Å²) >= 11 is 3.70. The van der Waals surface area contributed by atoms with Crippen molar-refractivity contribution >= 4 is 21.9 Å². The maximum absolute atomic E-state index is 11.5. The second kappa shape index (κ2) is 5.17. The fourth-order valence-corrected chi connectivity index (χ4v) is 2.95. The van der Waals surface area contributed by atoms with Gasteiger partial charge in [0.25, 0.3) is 0 Å². The molecule has 0 bridgehead atoms. The molecule has 0 fully saturated rings. The normalized spacial score (nSPS) is 14.9. The predicted molar refractivity (Wildman–Crippen MR) is 77.4 cm³/mol. The van der Waals surface area contributed by atoms with E-state index in [1.54, 1.807) is 0 Å². The lowest BCUT2D eigenvalue weighted by Gasteiger charge is -2.10. The van der Waals surface area contributed by atoms with Gasteiger partial charge in [-0.05, 0) is 23.6 Å². The fourth-order valence-electron chi connectivity index (χ4n) is 2.27. The van der Waals surface area contributed by atoms with Gasteiger partial charge in [0.2, 0.25) is 0 Å². The Kier molecular flexibility index (Phi) is 3.38. The molecular formula is C16H13BrO2. The highest BCUT2D eigenvalue weighted by atomic mass is 79.9. The van der Waals surface area contributed by atoms with Crippen LogP contribution in [0.1, 0.15) is 31.9 Å². The van der Waals surface area contributed by atoms with Crippen molar-refractivity contribution in [1.29, 1.82) is 0 Å². The number of carbonyl (C=O) groups is 1. The molecule has 1 aliphatic heterocycles. The molecule has 19 heavy (non-hydrogen) atoms. The second-order valence-electron chi connectivity index (χ2n) is 4.65. The molecule has 0 radical (unpaired) electrons. The minimum Gasteiger partial charge on any atom is -0.457 e. The van der Waals surface area contributed by atoms with Crippen LogP contribution in [0.4, 0.5) is 0 Å². The molecule has 3 heteroatoms. The molecule has 2 aromatic rings. The Hall–Kier alpha value is -1.61. The summed E-state index contributed by atoms with van der Waals surface area (Å²) in [7, 11) is 0. The van der Waals surface area contributed by atoms with Gasteiger partial charge in [-0.15, -0.1) is 0 Å². The van der Waals surface area contributed by atoms with Gasteiger partial charge in [0.05, 0.1) is 5.56 Å². The third kappa shape index (κ3) is 2.56. The summed E-state index contributed by atoms with van der Waals surface area (Å²) < 4.78 is 5.02. The SMILES string of the molecule is O=C1OCc2ccc(CC(Br)c3ccccc3)cc21. The van der Waals surface area contributed by atoms with Gasteiger partial charge < -0.3 is 4.74 Å². The van der Waals surface area contributed by atoms with Crippen LogP contribution in [0.15, 0.2) is 48.5 Å². The van der Waals surface area contributed by atoms with Crippen LogP contribution in [0, 0.1) is 0 Å². The van der Waals surface area contributed by atoms with Crippen molar-refractivity contribution in [3.05, 3.63) is 70.8 Å². The Bertz CT molecular complexity index is 607. The van der Waals surface area contributed by atoms with Crippen LogP contribution in [-0.4, -0.2) is 5.97 Å². The molecule has 2 aromatic carbocycles. The zero-order chi connectivity index (χ0) is 13.2. The number of hydrogen-bond acceptors (Lipinski definition) is 2. The van der Waals surface area contributed by atoms with Gasteiger partial charge in [0.15, 0.2) is 0 Å². The molecule has 0 spiro atoms. The van der Waals surface area contributed by atoms with E-state index in [9.17, 15) is 4.79 Å². The van der Waals surface area contributed by atoms with Gasteiger partial charge in [-0.2, -0.15) is 0 Å². The standard InChI is InChI=1S/C16H13BrO2/c17-15(12-4-2-1-3-5-12)9-11-6-7-13-10-19-16(18)14(13)8-11/h1-8,15H,9-10H2. The van der Waals surface area contributed by atoms with Crippen LogP contribution in [0.3, 0.4) is 0 Å². The van der Waals surface area contributed by atoms with Gasteiger partial charge >= 0.3 is 5.97 Å². The first-order valence-electron chi connectivity index (χ1n) is 6.22. The summed E-state index contributed by atoms with van der Waals surface area (Å²) in [5.41, 5.74) is 4.08. The third-order valence-electron chi connectivity index (χ3n) is 3.33. The van der Waals surface area contributed by atoms with Crippen molar-refractivity contribution in [1.82, 2.24) is 0 Å². The van der Waals surface area contributed by atoms with Crippen molar-refractivity contribution in [2.45, 2.75) is 17.9 Å². The number of benzene rings is 2. The predicted octanol–water partition coefficient (Wildman–Crippen LogP) is 4.04. The lowest BCUT2D eigenvalue weighted by atomic mass is 10.0. The molecule has 1 aliphatic rings. The Morgan fingerprint density at radius 1 is 1.16 bits per heavy atom. The van der Waals surface area contributed by atoms with Crippen LogP contribution in [0.5, 0.6) is 0 Å². The van der Waals surface area contributed by atoms with E-state index < -0.39 is 0 Å². The highest BCUT2D eigenvalue weighted by Crippen LogP contribution is 2.29. The number of alkyl halides is 1.